The molecule has 0 unspecified atom stereocenters. The number of aromatic amines is 1. The highest BCUT2D eigenvalue weighted by atomic mass is 16.2. The van der Waals surface area contributed by atoms with E-state index in [4.69, 9.17) is 0 Å². The maximum absolute atomic E-state index is 12.1. The van der Waals surface area contributed by atoms with Gasteiger partial charge in [-0.2, -0.15) is 0 Å². The van der Waals surface area contributed by atoms with Crippen LogP contribution in [0.15, 0.2) is 24.5 Å². The molecule has 1 amide bonds. The second kappa shape index (κ2) is 5.65. The van der Waals surface area contributed by atoms with Gasteiger partial charge in [0.1, 0.15) is 5.82 Å². The van der Waals surface area contributed by atoms with Crippen molar-refractivity contribution in [2.75, 3.05) is 27.2 Å². The molecule has 1 aliphatic rings. The monoisotopic (exact) mass is 285 g/mol. The summed E-state index contributed by atoms with van der Waals surface area (Å²) in [6.45, 7) is 1.78. The second-order valence-corrected chi connectivity index (χ2v) is 5.56. The van der Waals surface area contributed by atoms with Crippen LogP contribution in [0.2, 0.25) is 0 Å². The highest BCUT2D eigenvalue weighted by Gasteiger charge is 2.24. The molecule has 0 aromatic carbocycles. The minimum atomic E-state index is 0.156. The fourth-order valence-corrected chi connectivity index (χ4v) is 2.52. The van der Waals surface area contributed by atoms with Crippen LogP contribution < -0.4 is 0 Å². The molecule has 0 radical (unpaired) electrons. The molecule has 1 aliphatic heterocycles. The average Bonchev–Trinajstić information content (AvgIpc) is 2.90. The molecule has 110 valence electrons. The van der Waals surface area contributed by atoms with E-state index in [1.807, 2.05) is 36.0 Å². The first-order chi connectivity index (χ1) is 10.1. The number of likely N-dealkylation sites (N-methyl/N-ethyl adjacent to an activating group) is 1. The number of nitrogens with zero attached hydrogens (tertiary/aromatic N) is 4. The van der Waals surface area contributed by atoms with Crippen molar-refractivity contribution in [3.05, 3.63) is 35.9 Å². The van der Waals surface area contributed by atoms with Crippen molar-refractivity contribution in [1.29, 1.82) is 0 Å². The lowest BCUT2D eigenvalue weighted by molar-refractivity contribution is -0.132. The molecule has 6 heteroatoms. The quantitative estimate of drug-likeness (QED) is 0.910. The number of amides is 1. The van der Waals surface area contributed by atoms with Gasteiger partial charge >= 0.3 is 0 Å². The van der Waals surface area contributed by atoms with Crippen LogP contribution in [0.5, 0.6) is 0 Å². The number of rotatable bonds is 3. The normalized spacial score (nSPS) is 14.3. The Bertz CT molecular complexity index is 635. The summed E-state index contributed by atoms with van der Waals surface area (Å²) < 4.78 is 0. The summed E-state index contributed by atoms with van der Waals surface area (Å²) in [7, 11) is 3.81. The first-order valence-electron chi connectivity index (χ1n) is 7.04. The van der Waals surface area contributed by atoms with Gasteiger partial charge in [-0.05, 0) is 26.2 Å². The molecule has 0 bridgehead atoms. The number of hydrogen-bond acceptors (Lipinski definition) is 4. The van der Waals surface area contributed by atoms with E-state index >= 15 is 0 Å². The molecule has 0 saturated carbocycles. The predicted molar refractivity (Wildman–Crippen MR) is 79.5 cm³/mol. The summed E-state index contributed by atoms with van der Waals surface area (Å²) in [5, 5.41) is 0. The number of hydrogen-bond donors (Lipinski definition) is 1. The topological polar surface area (TPSA) is 65.1 Å². The Morgan fingerprint density at radius 3 is 3.05 bits per heavy atom. The first-order valence-corrected chi connectivity index (χ1v) is 7.04. The van der Waals surface area contributed by atoms with Gasteiger partial charge in [0.2, 0.25) is 5.91 Å². The van der Waals surface area contributed by atoms with Crippen LogP contribution >= 0.6 is 0 Å². The average molecular weight is 285 g/mol. The lowest BCUT2D eigenvalue weighted by atomic mass is 10.1. The largest absolute Gasteiger partial charge is 0.340 e. The molecule has 0 atom stereocenters. The molecule has 6 nitrogen and oxygen atoms in total. The Balaban J connectivity index is 1.78. The number of H-pyrrole nitrogens is 1. The molecular weight excluding hydrogens is 266 g/mol. The van der Waals surface area contributed by atoms with Crippen LogP contribution in [0.25, 0.3) is 11.4 Å². The van der Waals surface area contributed by atoms with Crippen molar-refractivity contribution in [3.63, 3.8) is 0 Å². The van der Waals surface area contributed by atoms with Gasteiger partial charge in [-0.3, -0.25) is 9.78 Å². The minimum absolute atomic E-state index is 0.156. The van der Waals surface area contributed by atoms with Crippen molar-refractivity contribution in [1.82, 2.24) is 24.8 Å². The van der Waals surface area contributed by atoms with E-state index in [0.717, 1.165) is 35.7 Å². The maximum Gasteiger partial charge on any atom is 0.237 e. The highest BCUT2D eigenvalue weighted by Crippen LogP contribution is 2.22. The van der Waals surface area contributed by atoms with Crippen LogP contribution in [-0.2, 0) is 17.8 Å². The van der Waals surface area contributed by atoms with Crippen molar-refractivity contribution in [2.24, 2.45) is 0 Å². The molecule has 3 rings (SSSR count). The van der Waals surface area contributed by atoms with Crippen LogP contribution in [0.3, 0.4) is 0 Å². The van der Waals surface area contributed by atoms with Crippen LogP contribution in [-0.4, -0.2) is 57.8 Å². The number of carbonyl (C=O) groups excluding carboxylic acids is 1. The first kappa shape index (κ1) is 13.8. The summed E-state index contributed by atoms with van der Waals surface area (Å²) in [5.41, 5.74) is 3.06. The molecule has 21 heavy (non-hydrogen) atoms. The molecule has 0 spiro atoms. The third kappa shape index (κ3) is 2.95. The lowest BCUT2D eigenvalue weighted by Gasteiger charge is -2.27. The molecule has 0 fully saturated rings. The fraction of sp³-hybridized carbons (Fsp3) is 0.400. The standard InChI is InChI=1S/C15H19N5O/c1-19(2)10-14(21)20-7-5-12-13(9-20)18-15(17-12)11-4-3-6-16-8-11/h3-4,6,8H,5,7,9-10H2,1-2H3,(H,17,18). The summed E-state index contributed by atoms with van der Waals surface area (Å²) in [5.74, 6) is 0.984. The molecule has 2 aromatic rings. The van der Waals surface area contributed by atoms with Gasteiger partial charge in [-0.15, -0.1) is 0 Å². The van der Waals surface area contributed by atoms with Crippen molar-refractivity contribution >= 4 is 5.91 Å². The zero-order chi connectivity index (χ0) is 14.8. The van der Waals surface area contributed by atoms with Gasteiger partial charge in [0.25, 0.3) is 0 Å². The molecule has 1 N–H and O–H groups in total. The molecular formula is C15H19N5O. The maximum atomic E-state index is 12.1. The van der Waals surface area contributed by atoms with E-state index in [9.17, 15) is 4.79 Å². The second-order valence-electron chi connectivity index (χ2n) is 5.56. The van der Waals surface area contributed by atoms with Crippen LogP contribution in [0.4, 0.5) is 0 Å². The fourth-order valence-electron chi connectivity index (χ4n) is 2.52. The number of carbonyl (C=O) groups is 1. The van der Waals surface area contributed by atoms with Crippen molar-refractivity contribution < 1.29 is 4.79 Å². The van der Waals surface area contributed by atoms with Gasteiger partial charge in [0.05, 0.1) is 24.5 Å². The number of aromatic nitrogens is 3. The molecule has 3 heterocycles. The Morgan fingerprint density at radius 1 is 1.48 bits per heavy atom. The van der Waals surface area contributed by atoms with E-state index in [1.54, 1.807) is 12.4 Å². The van der Waals surface area contributed by atoms with E-state index in [1.165, 1.54) is 0 Å². The lowest BCUT2D eigenvalue weighted by Crippen LogP contribution is -2.40. The highest BCUT2D eigenvalue weighted by molar-refractivity contribution is 5.78. The van der Waals surface area contributed by atoms with E-state index in [0.29, 0.717) is 13.1 Å². The zero-order valence-electron chi connectivity index (χ0n) is 12.3. The predicted octanol–water partition coefficient (Wildman–Crippen LogP) is 0.918. The Hall–Kier alpha value is -2.21. The Morgan fingerprint density at radius 2 is 2.33 bits per heavy atom. The van der Waals surface area contributed by atoms with Crippen LogP contribution in [0.1, 0.15) is 11.4 Å². The van der Waals surface area contributed by atoms with Gasteiger partial charge in [0, 0.05) is 30.9 Å². The van der Waals surface area contributed by atoms with Gasteiger partial charge in [-0.25, -0.2) is 4.98 Å². The smallest absolute Gasteiger partial charge is 0.237 e. The zero-order valence-corrected chi connectivity index (χ0v) is 12.3. The number of nitrogens with one attached hydrogen (secondary N) is 1. The van der Waals surface area contributed by atoms with Gasteiger partial charge in [-0.1, -0.05) is 0 Å². The summed E-state index contributed by atoms with van der Waals surface area (Å²) in [6.07, 6.45) is 4.33. The van der Waals surface area contributed by atoms with Gasteiger partial charge < -0.3 is 14.8 Å². The van der Waals surface area contributed by atoms with E-state index < -0.39 is 0 Å². The molecule has 0 aliphatic carbocycles. The van der Waals surface area contributed by atoms with Crippen molar-refractivity contribution in [2.45, 2.75) is 13.0 Å². The third-order valence-electron chi connectivity index (χ3n) is 3.57. The summed E-state index contributed by atoms with van der Waals surface area (Å²) in [6, 6.07) is 3.87. The summed E-state index contributed by atoms with van der Waals surface area (Å²) >= 11 is 0. The van der Waals surface area contributed by atoms with Crippen molar-refractivity contribution in [3.8, 4) is 11.4 Å². The SMILES string of the molecule is CN(C)CC(=O)N1CCc2nc(-c3cccnc3)[nH]c2C1. The molecule has 0 saturated heterocycles. The van der Waals surface area contributed by atoms with E-state index in [2.05, 4.69) is 15.0 Å². The number of imidazole rings is 1. The number of pyridine rings is 1. The molecule has 2 aromatic heterocycles. The summed E-state index contributed by atoms with van der Waals surface area (Å²) in [4.78, 5) is 28.0. The number of fused-ring (bicyclic) bond motifs is 1. The van der Waals surface area contributed by atoms with Crippen LogP contribution in [0, 0.1) is 0 Å². The Labute approximate surface area is 123 Å². The minimum Gasteiger partial charge on any atom is -0.340 e. The van der Waals surface area contributed by atoms with E-state index in [-0.39, 0.29) is 5.91 Å². The Kier molecular flexibility index (Phi) is 3.70. The third-order valence-corrected chi connectivity index (χ3v) is 3.57. The van der Waals surface area contributed by atoms with Gasteiger partial charge in [0.15, 0.2) is 0 Å².